The lowest BCUT2D eigenvalue weighted by Crippen LogP contribution is -2.59. The van der Waals surface area contributed by atoms with Gasteiger partial charge in [-0.2, -0.15) is 0 Å². The third-order valence-electron chi connectivity index (χ3n) is 6.23. The number of hydrogen-bond donors (Lipinski definition) is 0. The molecule has 35 heavy (non-hydrogen) atoms. The first-order chi connectivity index (χ1) is 17.3. The van der Waals surface area contributed by atoms with Gasteiger partial charge in [0, 0.05) is 0 Å². The molecule has 0 radical (unpaired) electrons. The van der Waals surface area contributed by atoms with Crippen molar-refractivity contribution in [3.05, 3.63) is 108 Å². The highest BCUT2D eigenvalue weighted by atomic mass is 16.8. The Labute approximate surface area is 206 Å². The number of hydrogen-bond acceptors (Lipinski definition) is 6. The Morgan fingerprint density at radius 1 is 0.600 bits per heavy atom. The molecular weight excluding hydrogens is 444 g/mol. The van der Waals surface area contributed by atoms with Crippen LogP contribution in [-0.4, -0.2) is 43.6 Å². The van der Waals surface area contributed by atoms with Crippen LogP contribution in [0.2, 0.25) is 0 Å². The van der Waals surface area contributed by atoms with E-state index >= 15 is 0 Å². The smallest absolute Gasteiger partial charge is 0.190 e. The van der Waals surface area contributed by atoms with E-state index in [1.807, 2.05) is 97.9 Å². The molecule has 0 amide bonds. The van der Waals surface area contributed by atoms with Gasteiger partial charge in [-0.1, -0.05) is 91.0 Å². The Hall–Kier alpha value is -2.58. The number of ether oxygens (including phenoxy) is 6. The number of benzene rings is 3. The molecule has 1 unspecified atom stereocenters. The molecule has 2 saturated heterocycles. The van der Waals surface area contributed by atoms with Gasteiger partial charge in [-0.15, -0.1) is 0 Å². The molecule has 0 aromatic heterocycles. The van der Waals surface area contributed by atoms with Gasteiger partial charge in [0.1, 0.15) is 24.4 Å². The molecule has 6 nitrogen and oxygen atoms in total. The van der Waals surface area contributed by atoms with Crippen LogP contribution in [0.3, 0.4) is 0 Å². The van der Waals surface area contributed by atoms with Gasteiger partial charge < -0.3 is 28.4 Å². The van der Waals surface area contributed by atoms with Crippen LogP contribution in [0.15, 0.2) is 91.0 Å². The second-order valence-electron chi connectivity index (χ2n) is 8.87. The van der Waals surface area contributed by atoms with Crippen molar-refractivity contribution in [2.75, 3.05) is 6.61 Å². The molecule has 3 aromatic carbocycles. The van der Waals surface area contributed by atoms with Gasteiger partial charge in [0.15, 0.2) is 12.6 Å². The molecule has 0 N–H and O–H groups in total. The Morgan fingerprint density at radius 3 is 1.69 bits per heavy atom. The van der Waals surface area contributed by atoms with Crippen molar-refractivity contribution >= 4 is 0 Å². The summed E-state index contributed by atoms with van der Waals surface area (Å²) in [6.45, 7) is 3.58. The first kappa shape index (κ1) is 24.1. The number of rotatable bonds is 10. The van der Waals surface area contributed by atoms with Gasteiger partial charge in [-0.05, 0) is 23.6 Å². The van der Waals surface area contributed by atoms with E-state index in [1.54, 1.807) is 0 Å². The SMILES string of the molecule is CC1O[C@@H]2O[C@H](COCc3ccccc3)[C@@H](OCc3ccccc3)[C@H](OCc3ccccc3)[C@@H]2O1. The zero-order valence-electron chi connectivity index (χ0n) is 19.9. The highest BCUT2D eigenvalue weighted by Gasteiger charge is 2.53. The summed E-state index contributed by atoms with van der Waals surface area (Å²) in [6.07, 6.45) is -2.46. The topological polar surface area (TPSA) is 55.4 Å². The summed E-state index contributed by atoms with van der Waals surface area (Å²) in [5.74, 6) is 0. The van der Waals surface area contributed by atoms with E-state index in [9.17, 15) is 0 Å². The fourth-order valence-electron chi connectivity index (χ4n) is 4.50. The Balaban J connectivity index is 1.33. The van der Waals surface area contributed by atoms with E-state index in [-0.39, 0.29) is 24.6 Å². The van der Waals surface area contributed by atoms with Crippen molar-refractivity contribution in [3.8, 4) is 0 Å². The molecule has 0 bridgehead atoms. The average molecular weight is 477 g/mol. The molecule has 3 aromatic rings. The van der Waals surface area contributed by atoms with Crippen LogP contribution in [0.5, 0.6) is 0 Å². The summed E-state index contributed by atoms with van der Waals surface area (Å²) >= 11 is 0. The average Bonchev–Trinajstić information content (AvgIpc) is 3.28. The third-order valence-corrected chi connectivity index (χ3v) is 6.23. The molecular formula is C29H32O6. The maximum atomic E-state index is 6.46. The van der Waals surface area contributed by atoms with E-state index in [4.69, 9.17) is 28.4 Å². The molecule has 0 aliphatic carbocycles. The fourth-order valence-corrected chi connectivity index (χ4v) is 4.50. The van der Waals surface area contributed by atoms with Gasteiger partial charge in [0.05, 0.1) is 26.4 Å². The van der Waals surface area contributed by atoms with E-state index in [0.717, 1.165) is 16.7 Å². The summed E-state index contributed by atoms with van der Waals surface area (Å²) in [5, 5.41) is 0. The largest absolute Gasteiger partial charge is 0.374 e. The highest BCUT2D eigenvalue weighted by Crippen LogP contribution is 2.35. The lowest BCUT2D eigenvalue weighted by atomic mass is 9.98. The summed E-state index contributed by atoms with van der Waals surface area (Å²) in [4.78, 5) is 0. The van der Waals surface area contributed by atoms with Crippen molar-refractivity contribution in [1.29, 1.82) is 0 Å². The van der Waals surface area contributed by atoms with Crippen molar-refractivity contribution < 1.29 is 28.4 Å². The zero-order chi connectivity index (χ0) is 23.9. The van der Waals surface area contributed by atoms with Gasteiger partial charge in [-0.3, -0.25) is 0 Å². The molecule has 2 aliphatic rings. The lowest BCUT2D eigenvalue weighted by Gasteiger charge is -2.42. The first-order valence-corrected chi connectivity index (χ1v) is 12.2. The summed E-state index contributed by atoms with van der Waals surface area (Å²) in [5.41, 5.74) is 3.27. The van der Waals surface area contributed by atoms with Crippen molar-refractivity contribution in [2.24, 2.45) is 0 Å². The van der Waals surface area contributed by atoms with Crippen LogP contribution < -0.4 is 0 Å². The second kappa shape index (κ2) is 11.9. The van der Waals surface area contributed by atoms with Crippen LogP contribution in [0, 0.1) is 0 Å². The van der Waals surface area contributed by atoms with E-state index in [0.29, 0.717) is 26.4 Å². The van der Waals surface area contributed by atoms with Crippen molar-refractivity contribution in [3.63, 3.8) is 0 Å². The molecule has 6 atom stereocenters. The maximum Gasteiger partial charge on any atom is 0.190 e. The Morgan fingerprint density at radius 2 is 1.11 bits per heavy atom. The third kappa shape index (κ3) is 6.35. The molecule has 184 valence electrons. The standard InChI is InChI=1S/C29H32O6/c1-21-33-28-27(32-19-24-15-9-4-10-16-24)26(31-18-23-13-7-3-8-14-23)25(35-29(28)34-21)20-30-17-22-11-5-2-6-12-22/h2-16,21,25-29H,17-20H2,1H3/t21?,25-,26-,27+,28+,29-/m1/s1. The Kier molecular flexibility index (Phi) is 8.21. The predicted molar refractivity (Wildman–Crippen MR) is 130 cm³/mol. The van der Waals surface area contributed by atoms with E-state index in [1.165, 1.54) is 0 Å². The number of fused-ring (bicyclic) bond motifs is 1. The zero-order valence-corrected chi connectivity index (χ0v) is 19.9. The van der Waals surface area contributed by atoms with Crippen LogP contribution in [-0.2, 0) is 48.2 Å². The lowest BCUT2D eigenvalue weighted by molar-refractivity contribution is -0.277. The monoisotopic (exact) mass is 476 g/mol. The maximum absolute atomic E-state index is 6.46. The molecule has 0 saturated carbocycles. The van der Waals surface area contributed by atoms with Crippen LogP contribution >= 0.6 is 0 Å². The van der Waals surface area contributed by atoms with Gasteiger partial charge in [0.2, 0.25) is 0 Å². The molecule has 2 aliphatic heterocycles. The first-order valence-electron chi connectivity index (χ1n) is 12.2. The second-order valence-corrected chi connectivity index (χ2v) is 8.87. The summed E-state index contributed by atoms with van der Waals surface area (Å²) < 4.78 is 37.3. The quantitative estimate of drug-likeness (QED) is 0.417. The van der Waals surface area contributed by atoms with E-state index in [2.05, 4.69) is 0 Å². The molecule has 2 fully saturated rings. The van der Waals surface area contributed by atoms with Gasteiger partial charge in [-0.25, -0.2) is 0 Å². The normalized spacial score (nSPS) is 28.0. The van der Waals surface area contributed by atoms with E-state index < -0.39 is 12.4 Å². The molecule has 5 rings (SSSR count). The Bertz CT molecular complexity index is 1020. The van der Waals surface area contributed by atoms with Crippen LogP contribution in [0.1, 0.15) is 23.6 Å². The minimum absolute atomic E-state index is 0.348. The van der Waals surface area contributed by atoms with Crippen molar-refractivity contribution in [1.82, 2.24) is 0 Å². The van der Waals surface area contributed by atoms with Crippen LogP contribution in [0.25, 0.3) is 0 Å². The summed E-state index contributed by atoms with van der Waals surface area (Å²) in [6, 6.07) is 30.3. The van der Waals surface area contributed by atoms with Gasteiger partial charge >= 0.3 is 0 Å². The minimum atomic E-state index is -0.535. The molecule has 6 heteroatoms. The molecule has 2 heterocycles. The summed E-state index contributed by atoms with van der Waals surface area (Å²) in [7, 11) is 0. The highest BCUT2D eigenvalue weighted by molar-refractivity contribution is 5.15. The molecule has 0 spiro atoms. The van der Waals surface area contributed by atoms with Crippen LogP contribution in [0.4, 0.5) is 0 Å². The van der Waals surface area contributed by atoms with Gasteiger partial charge in [0.25, 0.3) is 0 Å². The van der Waals surface area contributed by atoms with Crippen molar-refractivity contribution in [2.45, 2.75) is 63.7 Å². The fraction of sp³-hybridized carbons (Fsp3) is 0.379. The minimum Gasteiger partial charge on any atom is -0.374 e. The predicted octanol–water partition coefficient (Wildman–Crippen LogP) is 4.86.